The van der Waals surface area contributed by atoms with Crippen molar-refractivity contribution in [3.63, 3.8) is 0 Å². The van der Waals surface area contributed by atoms with E-state index in [4.69, 9.17) is 5.11 Å². The zero-order valence-electron chi connectivity index (χ0n) is 7.43. The number of hydrogen-bond donors (Lipinski definition) is 1. The number of carbonyl (C=O) groups excluding carboxylic acids is 1. The van der Waals surface area contributed by atoms with Gasteiger partial charge >= 0.3 is 6.18 Å². The van der Waals surface area contributed by atoms with Crippen molar-refractivity contribution in [2.75, 3.05) is 0 Å². The smallest absolute Gasteiger partial charge is 0.417 e. The van der Waals surface area contributed by atoms with Gasteiger partial charge in [-0.3, -0.25) is 4.79 Å². The Morgan fingerprint density at radius 3 is 2.60 bits per heavy atom. The predicted octanol–water partition coefficient (Wildman–Crippen LogP) is 1.93. The molecule has 2 rings (SSSR count). The summed E-state index contributed by atoms with van der Waals surface area (Å²) >= 11 is 0. The molecule has 1 aliphatic carbocycles. The van der Waals surface area contributed by atoms with Crippen LogP contribution in [0.2, 0.25) is 0 Å². The van der Waals surface area contributed by atoms with E-state index in [9.17, 15) is 18.0 Å². The summed E-state index contributed by atoms with van der Waals surface area (Å²) in [6.07, 6.45) is -4.45. The highest BCUT2D eigenvalue weighted by Crippen LogP contribution is 2.37. The van der Waals surface area contributed by atoms with E-state index in [1.165, 1.54) is 0 Å². The van der Waals surface area contributed by atoms with E-state index in [2.05, 4.69) is 4.98 Å². The topological polar surface area (TPSA) is 50.2 Å². The molecule has 1 heterocycles. The number of ketones is 1. The van der Waals surface area contributed by atoms with Gasteiger partial charge in [0.15, 0.2) is 5.78 Å². The van der Waals surface area contributed by atoms with E-state index in [1.807, 2.05) is 0 Å². The number of alkyl halides is 3. The zero-order valence-corrected chi connectivity index (χ0v) is 7.43. The van der Waals surface area contributed by atoms with Gasteiger partial charge in [0.1, 0.15) is 0 Å². The Bertz CT molecular complexity index is 440. The third kappa shape index (κ3) is 1.55. The van der Waals surface area contributed by atoms with E-state index in [0.29, 0.717) is 6.07 Å². The molecule has 0 saturated carbocycles. The molecule has 6 heteroatoms. The number of carbonyl (C=O) groups is 1. The number of Topliss-reactive ketones (excluding diaryl/α,β-unsaturated/α-hetero) is 1. The molecule has 15 heavy (non-hydrogen) atoms. The van der Waals surface area contributed by atoms with Gasteiger partial charge in [-0.05, 0) is 6.42 Å². The third-order valence-corrected chi connectivity index (χ3v) is 2.25. The van der Waals surface area contributed by atoms with Crippen LogP contribution >= 0.6 is 0 Å². The lowest BCUT2D eigenvalue weighted by Gasteiger charge is -2.10. The maximum absolute atomic E-state index is 12.5. The van der Waals surface area contributed by atoms with Crippen LogP contribution in [0, 0.1) is 0 Å². The number of aromatic nitrogens is 1. The first-order valence-corrected chi connectivity index (χ1v) is 4.23. The van der Waals surface area contributed by atoms with Crippen molar-refractivity contribution in [2.24, 2.45) is 0 Å². The van der Waals surface area contributed by atoms with Crippen LogP contribution < -0.4 is 0 Å². The second-order valence-electron chi connectivity index (χ2n) is 3.27. The lowest BCUT2D eigenvalue weighted by molar-refractivity contribution is -0.138. The van der Waals surface area contributed by atoms with Gasteiger partial charge in [-0.25, -0.2) is 4.98 Å². The SMILES string of the molecule is O=C1CCc2nc(O)cc(C(F)(F)F)c21. The van der Waals surface area contributed by atoms with Crippen LogP contribution in [-0.2, 0) is 12.6 Å². The molecule has 0 radical (unpaired) electrons. The highest BCUT2D eigenvalue weighted by molar-refractivity contribution is 6.01. The summed E-state index contributed by atoms with van der Waals surface area (Å²) in [6.45, 7) is 0. The molecule has 1 aromatic heterocycles. The number of aryl methyl sites for hydroxylation is 1. The zero-order chi connectivity index (χ0) is 11.2. The predicted molar refractivity (Wildman–Crippen MR) is 43.6 cm³/mol. The van der Waals surface area contributed by atoms with Gasteiger partial charge in [0.05, 0.1) is 16.8 Å². The quantitative estimate of drug-likeness (QED) is 0.722. The molecule has 80 valence electrons. The summed E-state index contributed by atoms with van der Waals surface area (Å²) < 4.78 is 37.5. The van der Waals surface area contributed by atoms with Gasteiger partial charge in [0.2, 0.25) is 5.88 Å². The first-order chi connectivity index (χ1) is 6.89. The van der Waals surface area contributed by atoms with Crippen molar-refractivity contribution in [2.45, 2.75) is 19.0 Å². The van der Waals surface area contributed by atoms with Crippen molar-refractivity contribution in [1.29, 1.82) is 0 Å². The number of fused-ring (bicyclic) bond motifs is 1. The molecule has 1 aliphatic rings. The summed E-state index contributed by atoms with van der Waals surface area (Å²) in [5.74, 6) is -1.26. The summed E-state index contributed by atoms with van der Waals surface area (Å²) in [5, 5.41) is 9.00. The minimum atomic E-state index is -4.63. The van der Waals surface area contributed by atoms with Gasteiger partial charge in [0.25, 0.3) is 0 Å². The highest BCUT2D eigenvalue weighted by Gasteiger charge is 2.39. The lowest BCUT2D eigenvalue weighted by atomic mass is 10.1. The summed E-state index contributed by atoms with van der Waals surface area (Å²) in [6, 6.07) is 0.488. The third-order valence-electron chi connectivity index (χ3n) is 2.25. The van der Waals surface area contributed by atoms with Crippen molar-refractivity contribution < 1.29 is 23.1 Å². The van der Waals surface area contributed by atoms with Crippen LogP contribution in [0.25, 0.3) is 0 Å². The summed E-state index contributed by atoms with van der Waals surface area (Å²) in [7, 11) is 0. The molecule has 1 aromatic rings. The van der Waals surface area contributed by atoms with E-state index < -0.39 is 23.4 Å². The Labute approximate surface area is 82.6 Å². The number of nitrogens with zero attached hydrogens (tertiary/aromatic N) is 1. The second-order valence-corrected chi connectivity index (χ2v) is 3.27. The fourth-order valence-electron chi connectivity index (χ4n) is 1.66. The summed E-state index contributed by atoms with van der Waals surface area (Å²) in [5.41, 5.74) is -1.44. The average molecular weight is 217 g/mol. The molecule has 3 nitrogen and oxygen atoms in total. The van der Waals surface area contributed by atoms with E-state index in [0.717, 1.165) is 0 Å². The molecule has 0 unspecified atom stereocenters. The van der Waals surface area contributed by atoms with Gasteiger partial charge in [-0.1, -0.05) is 0 Å². The fourth-order valence-corrected chi connectivity index (χ4v) is 1.66. The highest BCUT2D eigenvalue weighted by atomic mass is 19.4. The maximum atomic E-state index is 12.5. The fraction of sp³-hybridized carbons (Fsp3) is 0.333. The first-order valence-electron chi connectivity index (χ1n) is 4.23. The van der Waals surface area contributed by atoms with Gasteiger partial charge in [0, 0.05) is 12.5 Å². The Kier molecular flexibility index (Phi) is 1.95. The van der Waals surface area contributed by atoms with Gasteiger partial charge in [-0.2, -0.15) is 13.2 Å². The molecule has 0 amide bonds. The molecule has 0 saturated heterocycles. The van der Waals surface area contributed by atoms with Crippen LogP contribution in [0.5, 0.6) is 5.88 Å². The van der Waals surface area contributed by atoms with Gasteiger partial charge in [-0.15, -0.1) is 0 Å². The van der Waals surface area contributed by atoms with Crippen molar-refractivity contribution in [3.8, 4) is 5.88 Å². The lowest BCUT2D eigenvalue weighted by Crippen LogP contribution is -2.12. The number of aromatic hydroxyl groups is 1. The number of hydrogen-bond acceptors (Lipinski definition) is 3. The standard InChI is InChI=1S/C9H6F3NO2/c10-9(11,12)4-3-7(15)13-5-1-2-6(14)8(4)5/h3H,1-2H2,(H,13,15). The molecule has 0 spiro atoms. The Morgan fingerprint density at radius 1 is 1.33 bits per heavy atom. The molecule has 1 N–H and O–H groups in total. The molecular weight excluding hydrogens is 211 g/mol. The first kappa shape index (κ1) is 9.95. The number of rotatable bonds is 0. The summed E-state index contributed by atoms with van der Waals surface area (Å²) in [4.78, 5) is 14.7. The molecule has 0 aromatic carbocycles. The van der Waals surface area contributed by atoms with Crippen LogP contribution in [0.15, 0.2) is 6.07 Å². The van der Waals surface area contributed by atoms with Gasteiger partial charge < -0.3 is 5.11 Å². The molecule has 0 atom stereocenters. The van der Waals surface area contributed by atoms with E-state index in [1.54, 1.807) is 0 Å². The van der Waals surface area contributed by atoms with Crippen molar-refractivity contribution in [1.82, 2.24) is 4.98 Å². The van der Waals surface area contributed by atoms with Crippen LogP contribution in [0.4, 0.5) is 13.2 Å². The van der Waals surface area contributed by atoms with Crippen LogP contribution in [-0.4, -0.2) is 15.9 Å². The Balaban J connectivity index is 2.69. The van der Waals surface area contributed by atoms with Crippen molar-refractivity contribution in [3.05, 3.63) is 22.9 Å². The Morgan fingerprint density at radius 2 is 2.00 bits per heavy atom. The Hall–Kier alpha value is -1.59. The molecule has 0 aliphatic heterocycles. The van der Waals surface area contributed by atoms with Crippen molar-refractivity contribution >= 4 is 5.78 Å². The normalized spacial score (nSPS) is 15.5. The monoisotopic (exact) mass is 217 g/mol. The minimum absolute atomic E-state index is 0.0227. The molecule has 0 fully saturated rings. The van der Waals surface area contributed by atoms with E-state index >= 15 is 0 Å². The maximum Gasteiger partial charge on any atom is 0.417 e. The molecule has 0 bridgehead atoms. The average Bonchev–Trinajstić information content (AvgIpc) is 2.44. The van der Waals surface area contributed by atoms with Crippen LogP contribution in [0.1, 0.15) is 28.0 Å². The largest absolute Gasteiger partial charge is 0.493 e. The number of pyridine rings is 1. The molecular formula is C9H6F3NO2. The second kappa shape index (κ2) is 2.95. The van der Waals surface area contributed by atoms with Crippen LogP contribution in [0.3, 0.4) is 0 Å². The number of halogens is 3. The van der Waals surface area contributed by atoms with E-state index in [-0.39, 0.29) is 24.1 Å². The minimum Gasteiger partial charge on any atom is -0.493 e.